The van der Waals surface area contributed by atoms with E-state index in [1.165, 1.54) is 18.4 Å². The first kappa shape index (κ1) is 14.5. The van der Waals surface area contributed by atoms with Gasteiger partial charge in [0.2, 0.25) is 0 Å². The number of carboxylic acids is 1. The zero-order valence-corrected chi connectivity index (χ0v) is 12.5. The number of pyridine rings is 1. The Labute approximate surface area is 122 Å². The minimum atomic E-state index is -0.699. The molecule has 4 nitrogen and oxygen atoms in total. The summed E-state index contributed by atoms with van der Waals surface area (Å²) in [5, 5.41) is 8.82. The fraction of sp³-hybridized carbons (Fsp3) is 0.571. The third-order valence-corrected chi connectivity index (χ3v) is 4.02. The van der Waals surface area contributed by atoms with E-state index in [9.17, 15) is 4.79 Å². The first-order valence-electron chi connectivity index (χ1n) is 6.70. The summed E-state index contributed by atoms with van der Waals surface area (Å²) in [6.07, 6.45) is 8.18. The lowest BCUT2D eigenvalue weighted by atomic mass is 9.97. The first-order valence-corrected chi connectivity index (χ1v) is 7.50. The van der Waals surface area contributed by atoms with Crippen LogP contribution in [0, 0.1) is 0 Å². The second-order valence-electron chi connectivity index (χ2n) is 5.06. The topological polar surface area (TPSA) is 53.4 Å². The number of carboxylic acid groups (broad SMARTS) is 1. The van der Waals surface area contributed by atoms with Gasteiger partial charge in [0.1, 0.15) is 0 Å². The third kappa shape index (κ3) is 4.58. The minimum absolute atomic E-state index is 0.262. The van der Waals surface area contributed by atoms with Crippen molar-refractivity contribution in [3.8, 4) is 0 Å². The quantitative estimate of drug-likeness (QED) is 0.903. The van der Waals surface area contributed by atoms with E-state index in [2.05, 4.69) is 31.9 Å². The molecule has 0 bridgehead atoms. The van der Waals surface area contributed by atoms with Crippen LogP contribution in [0.5, 0.6) is 0 Å². The molecule has 19 heavy (non-hydrogen) atoms. The normalized spacial score (nSPS) is 20.4. The van der Waals surface area contributed by atoms with Gasteiger partial charge < -0.3 is 5.11 Å². The van der Waals surface area contributed by atoms with Crippen LogP contribution >= 0.6 is 15.9 Å². The summed E-state index contributed by atoms with van der Waals surface area (Å²) in [5.74, 6) is -0.699. The highest BCUT2D eigenvalue weighted by Crippen LogP contribution is 2.23. The largest absolute Gasteiger partial charge is 0.481 e. The Morgan fingerprint density at radius 2 is 2.32 bits per heavy atom. The molecule has 1 aromatic rings. The van der Waals surface area contributed by atoms with Crippen molar-refractivity contribution in [3.05, 3.63) is 28.5 Å². The number of carbonyl (C=O) groups is 1. The molecule has 1 aliphatic rings. The van der Waals surface area contributed by atoms with Crippen molar-refractivity contribution in [1.29, 1.82) is 0 Å². The Morgan fingerprint density at radius 3 is 3.05 bits per heavy atom. The van der Waals surface area contributed by atoms with Crippen LogP contribution in [-0.4, -0.2) is 33.5 Å². The fourth-order valence-electron chi connectivity index (χ4n) is 2.66. The minimum Gasteiger partial charge on any atom is -0.481 e. The van der Waals surface area contributed by atoms with Gasteiger partial charge in [-0.05, 0) is 53.4 Å². The molecule has 1 aromatic heterocycles. The highest BCUT2D eigenvalue weighted by atomic mass is 79.9. The van der Waals surface area contributed by atoms with Gasteiger partial charge in [-0.1, -0.05) is 6.42 Å². The first-order chi connectivity index (χ1) is 9.15. The molecule has 1 atom stereocenters. The van der Waals surface area contributed by atoms with Crippen LogP contribution in [0.4, 0.5) is 0 Å². The summed E-state index contributed by atoms with van der Waals surface area (Å²) < 4.78 is 0.990. The van der Waals surface area contributed by atoms with E-state index in [1.807, 2.05) is 6.20 Å². The van der Waals surface area contributed by atoms with Crippen molar-refractivity contribution in [2.45, 2.75) is 44.7 Å². The molecule has 0 aliphatic carbocycles. The van der Waals surface area contributed by atoms with Gasteiger partial charge in [0.05, 0.1) is 0 Å². The summed E-state index contributed by atoms with van der Waals surface area (Å²) >= 11 is 3.43. The van der Waals surface area contributed by atoms with E-state index in [-0.39, 0.29) is 6.42 Å². The van der Waals surface area contributed by atoms with Gasteiger partial charge in [-0.2, -0.15) is 0 Å². The van der Waals surface area contributed by atoms with Gasteiger partial charge in [-0.15, -0.1) is 0 Å². The van der Waals surface area contributed by atoms with E-state index >= 15 is 0 Å². The van der Waals surface area contributed by atoms with Gasteiger partial charge in [-0.25, -0.2) is 0 Å². The van der Waals surface area contributed by atoms with Crippen LogP contribution in [0.15, 0.2) is 22.9 Å². The molecule has 5 heteroatoms. The standard InChI is InChI=1S/C14H19BrN2O2/c15-12-7-11(8-16-9-12)10-17-6-2-1-3-13(17)4-5-14(18)19/h7-9,13H,1-6,10H2,(H,18,19). The number of likely N-dealkylation sites (tertiary alicyclic amines) is 1. The Bertz CT molecular complexity index is 439. The van der Waals surface area contributed by atoms with Gasteiger partial charge >= 0.3 is 5.97 Å². The second-order valence-corrected chi connectivity index (χ2v) is 5.98. The number of halogens is 1. The summed E-state index contributed by atoms with van der Waals surface area (Å²) in [5.41, 5.74) is 1.18. The molecule has 0 spiro atoms. The van der Waals surface area contributed by atoms with Crippen molar-refractivity contribution < 1.29 is 9.90 Å². The van der Waals surface area contributed by atoms with Crippen LogP contribution in [0.2, 0.25) is 0 Å². The zero-order chi connectivity index (χ0) is 13.7. The number of aromatic nitrogens is 1. The Morgan fingerprint density at radius 1 is 1.47 bits per heavy atom. The molecule has 2 rings (SSSR count). The van der Waals surface area contributed by atoms with E-state index in [0.29, 0.717) is 6.04 Å². The van der Waals surface area contributed by atoms with E-state index in [0.717, 1.165) is 30.4 Å². The molecule has 0 aromatic carbocycles. The summed E-state index contributed by atoms with van der Waals surface area (Å²) in [6, 6.07) is 2.47. The van der Waals surface area contributed by atoms with Crippen LogP contribution < -0.4 is 0 Å². The maximum Gasteiger partial charge on any atom is 0.303 e. The van der Waals surface area contributed by atoms with Gasteiger partial charge in [-0.3, -0.25) is 14.7 Å². The predicted octanol–water partition coefficient (Wildman–Crippen LogP) is 3.06. The number of hydrogen-bond donors (Lipinski definition) is 1. The fourth-order valence-corrected chi connectivity index (χ4v) is 3.07. The molecule has 2 heterocycles. The lowest BCUT2D eigenvalue weighted by molar-refractivity contribution is -0.137. The van der Waals surface area contributed by atoms with E-state index in [4.69, 9.17) is 5.11 Å². The number of hydrogen-bond acceptors (Lipinski definition) is 3. The lowest BCUT2D eigenvalue weighted by Crippen LogP contribution is -2.39. The molecule has 104 valence electrons. The van der Waals surface area contributed by atoms with Crippen LogP contribution in [-0.2, 0) is 11.3 Å². The highest BCUT2D eigenvalue weighted by Gasteiger charge is 2.23. The number of rotatable bonds is 5. The summed E-state index contributed by atoms with van der Waals surface area (Å²) in [4.78, 5) is 17.3. The maximum absolute atomic E-state index is 10.7. The van der Waals surface area contributed by atoms with E-state index in [1.54, 1.807) is 6.20 Å². The number of nitrogens with zero attached hydrogens (tertiary/aromatic N) is 2. The van der Waals surface area contributed by atoms with E-state index < -0.39 is 5.97 Å². The number of aliphatic carboxylic acids is 1. The van der Waals surface area contributed by atoms with Crippen molar-refractivity contribution in [3.63, 3.8) is 0 Å². The molecule has 1 saturated heterocycles. The third-order valence-electron chi connectivity index (χ3n) is 3.59. The Hall–Kier alpha value is -0.940. The second kappa shape index (κ2) is 7.01. The van der Waals surface area contributed by atoms with Crippen LogP contribution in [0.25, 0.3) is 0 Å². The Balaban J connectivity index is 1.97. The van der Waals surface area contributed by atoms with Gasteiger partial charge in [0.15, 0.2) is 0 Å². The molecular weight excluding hydrogens is 308 g/mol. The van der Waals surface area contributed by atoms with Gasteiger partial charge in [0, 0.05) is 35.9 Å². The SMILES string of the molecule is O=C(O)CCC1CCCCN1Cc1cncc(Br)c1. The smallest absolute Gasteiger partial charge is 0.303 e. The van der Waals surface area contributed by atoms with Crippen molar-refractivity contribution >= 4 is 21.9 Å². The Kier molecular flexibility index (Phi) is 5.34. The lowest BCUT2D eigenvalue weighted by Gasteiger charge is -2.35. The summed E-state index contributed by atoms with van der Waals surface area (Å²) in [6.45, 7) is 1.91. The van der Waals surface area contributed by atoms with Crippen molar-refractivity contribution in [2.24, 2.45) is 0 Å². The van der Waals surface area contributed by atoms with Crippen LogP contribution in [0.1, 0.15) is 37.7 Å². The average molecular weight is 327 g/mol. The molecule has 1 aliphatic heterocycles. The molecule has 1 N–H and O–H groups in total. The molecule has 0 amide bonds. The van der Waals surface area contributed by atoms with Crippen molar-refractivity contribution in [1.82, 2.24) is 9.88 Å². The van der Waals surface area contributed by atoms with Crippen LogP contribution in [0.3, 0.4) is 0 Å². The van der Waals surface area contributed by atoms with Gasteiger partial charge in [0.25, 0.3) is 0 Å². The molecule has 0 saturated carbocycles. The average Bonchev–Trinajstić information content (AvgIpc) is 2.38. The molecular formula is C14H19BrN2O2. The van der Waals surface area contributed by atoms with Crippen molar-refractivity contribution in [2.75, 3.05) is 6.54 Å². The molecule has 0 radical (unpaired) electrons. The number of piperidine rings is 1. The summed E-state index contributed by atoms with van der Waals surface area (Å²) in [7, 11) is 0. The molecule has 1 fully saturated rings. The predicted molar refractivity (Wildman–Crippen MR) is 76.9 cm³/mol. The highest BCUT2D eigenvalue weighted by molar-refractivity contribution is 9.10. The molecule has 1 unspecified atom stereocenters. The monoisotopic (exact) mass is 326 g/mol. The zero-order valence-electron chi connectivity index (χ0n) is 10.9. The maximum atomic E-state index is 10.7.